The quantitative estimate of drug-likeness (QED) is 0.359. The van der Waals surface area contributed by atoms with Crippen LogP contribution >= 0.6 is 0 Å². The Hall–Kier alpha value is -1.19. The number of carbonyl (C=O) groups excluding carboxylic acids is 3. The lowest BCUT2D eigenvalue weighted by Gasteiger charge is -2.14. The van der Waals surface area contributed by atoms with Gasteiger partial charge in [-0.15, -0.1) is 0 Å². The molecule has 0 heterocycles. The lowest BCUT2D eigenvalue weighted by molar-refractivity contribution is -0.131. The zero-order valence-corrected chi connectivity index (χ0v) is 15.3. The Morgan fingerprint density at radius 2 is 1.39 bits per heavy atom. The molecule has 0 aromatic carbocycles. The third kappa shape index (κ3) is 13.0. The van der Waals surface area contributed by atoms with Gasteiger partial charge < -0.3 is 5.32 Å². The van der Waals surface area contributed by atoms with Gasteiger partial charge in [0.15, 0.2) is 5.78 Å². The molecule has 0 fully saturated rings. The van der Waals surface area contributed by atoms with E-state index in [0.717, 1.165) is 19.3 Å². The van der Waals surface area contributed by atoms with Crippen LogP contribution in [0.1, 0.15) is 97.8 Å². The smallest absolute Gasteiger partial charge is 0.228 e. The van der Waals surface area contributed by atoms with Gasteiger partial charge in [0.1, 0.15) is 5.78 Å². The van der Waals surface area contributed by atoms with Crippen molar-refractivity contribution in [2.45, 2.75) is 104 Å². The summed E-state index contributed by atoms with van der Waals surface area (Å²) in [6.07, 6.45) is 11.4. The molecular weight excluding hydrogens is 290 g/mol. The second kappa shape index (κ2) is 14.4. The summed E-state index contributed by atoms with van der Waals surface area (Å²) in [5.41, 5.74) is 0. The van der Waals surface area contributed by atoms with Crippen LogP contribution in [0.5, 0.6) is 0 Å². The van der Waals surface area contributed by atoms with Gasteiger partial charge >= 0.3 is 0 Å². The molecule has 0 aromatic rings. The van der Waals surface area contributed by atoms with Gasteiger partial charge in [0.05, 0.1) is 12.5 Å². The van der Waals surface area contributed by atoms with Crippen LogP contribution in [-0.4, -0.2) is 23.5 Å². The fourth-order valence-electron chi connectivity index (χ4n) is 2.63. The first-order valence-electron chi connectivity index (χ1n) is 9.32. The van der Waals surface area contributed by atoms with Crippen molar-refractivity contribution >= 4 is 17.5 Å². The van der Waals surface area contributed by atoms with Gasteiger partial charge in [-0.1, -0.05) is 65.2 Å². The highest BCUT2D eigenvalue weighted by atomic mass is 16.2. The zero-order valence-electron chi connectivity index (χ0n) is 15.3. The maximum absolute atomic E-state index is 11.8. The van der Waals surface area contributed by atoms with Crippen LogP contribution < -0.4 is 5.32 Å². The van der Waals surface area contributed by atoms with E-state index in [9.17, 15) is 14.4 Å². The minimum absolute atomic E-state index is 0.0210. The molecule has 0 saturated heterocycles. The van der Waals surface area contributed by atoms with E-state index in [-0.39, 0.29) is 23.9 Å². The van der Waals surface area contributed by atoms with Crippen molar-refractivity contribution in [2.24, 2.45) is 0 Å². The average Bonchev–Trinajstić information content (AvgIpc) is 2.49. The van der Waals surface area contributed by atoms with E-state index in [1.807, 2.05) is 6.92 Å². The van der Waals surface area contributed by atoms with Crippen LogP contribution in [0, 0.1) is 0 Å². The van der Waals surface area contributed by atoms with Gasteiger partial charge in [-0.25, -0.2) is 0 Å². The third-order valence-electron chi connectivity index (χ3n) is 4.07. The molecule has 0 rings (SSSR count). The summed E-state index contributed by atoms with van der Waals surface area (Å²) in [4.78, 5) is 35.0. The van der Waals surface area contributed by atoms with Gasteiger partial charge in [-0.2, -0.15) is 0 Å². The number of rotatable bonds is 15. The topological polar surface area (TPSA) is 63.2 Å². The molecule has 4 heteroatoms. The lowest BCUT2D eigenvalue weighted by atomic mass is 10.0. The second-order valence-corrected chi connectivity index (χ2v) is 6.46. The van der Waals surface area contributed by atoms with Crippen molar-refractivity contribution in [3.05, 3.63) is 0 Å². The van der Waals surface area contributed by atoms with E-state index in [1.54, 1.807) is 0 Å². The van der Waals surface area contributed by atoms with Gasteiger partial charge in [0.25, 0.3) is 0 Å². The van der Waals surface area contributed by atoms with Crippen LogP contribution in [0.2, 0.25) is 0 Å². The molecule has 1 atom stereocenters. The average molecular weight is 325 g/mol. The van der Waals surface area contributed by atoms with E-state index in [2.05, 4.69) is 12.2 Å². The van der Waals surface area contributed by atoms with Crippen molar-refractivity contribution in [1.29, 1.82) is 0 Å². The Labute approximate surface area is 141 Å². The number of Topliss-reactive ketones (excluding diaryl/α,β-unsaturated/α-hetero) is 2. The van der Waals surface area contributed by atoms with Crippen molar-refractivity contribution in [1.82, 2.24) is 5.32 Å². The first-order chi connectivity index (χ1) is 11.0. The second-order valence-electron chi connectivity index (χ2n) is 6.46. The number of unbranched alkanes of at least 4 members (excludes halogenated alkanes) is 7. The molecule has 0 aromatic heterocycles. The molecule has 0 aliphatic carbocycles. The molecule has 1 N–H and O–H groups in total. The van der Waals surface area contributed by atoms with Gasteiger partial charge in [0.2, 0.25) is 5.91 Å². The molecule has 0 spiro atoms. The van der Waals surface area contributed by atoms with Crippen molar-refractivity contribution in [3.63, 3.8) is 0 Å². The third-order valence-corrected chi connectivity index (χ3v) is 4.07. The summed E-state index contributed by atoms with van der Waals surface area (Å²) < 4.78 is 0. The summed E-state index contributed by atoms with van der Waals surface area (Å²) in [6.45, 7) is 5.65. The largest absolute Gasteiger partial charge is 0.346 e. The monoisotopic (exact) mass is 325 g/mol. The summed E-state index contributed by atoms with van der Waals surface area (Å²) in [5, 5.41) is 2.67. The Morgan fingerprint density at radius 1 is 0.826 bits per heavy atom. The van der Waals surface area contributed by atoms with E-state index in [4.69, 9.17) is 0 Å². The molecular formula is C19H35NO3. The fourth-order valence-corrected chi connectivity index (χ4v) is 2.63. The highest BCUT2D eigenvalue weighted by Crippen LogP contribution is 2.10. The Bertz CT molecular complexity index is 353. The minimum atomic E-state index is -0.441. The van der Waals surface area contributed by atoms with Crippen LogP contribution in [0.4, 0.5) is 0 Å². The predicted molar refractivity (Wildman–Crippen MR) is 94.4 cm³/mol. The van der Waals surface area contributed by atoms with Gasteiger partial charge in [-0.3, -0.25) is 14.4 Å². The predicted octanol–water partition coefficient (Wildman–Crippen LogP) is 4.35. The summed E-state index contributed by atoms with van der Waals surface area (Å²) in [6, 6.07) is -0.441. The first kappa shape index (κ1) is 21.8. The van der Waals surface area contributed by atoms with Crippen LogP contribution in [0.25, 0.3) is 0 Å². The maximum Gasteiger partial charge on any atom is 0.228 e. The Kier molecular flexibility index (Phi) is 13.7. The highest BCUT2D eigenvalue weighted by Gasteiger charge is 2.17. The lowest BCUT2D eigenvalue weighted by Crippen LogP contribution is -2.40. The first-order valence-corrected chi connectivity index (χ1v) is 9.32. The maximum atomic E-state index is 11.8. The van der Waals surface area contributed by atoms with E-state index in [0.29, 0.717) is 12.8 Å². The van der Waals surface area contributed by atoms with Gasteiger partial charge in [-0.05, 0) is 19.8 Å². The molecule has 4 nitrogen and oxygen atoms in total. The number of carbonyl (C=O) groups is 3. The molecule has 0 saturated carbocycles. The van der Waals surface area contributed by atoms with Crippen molar-refractivity contribution in [3.8, 4) is 0 Å². The molecule has 134 valence electrons. The molecule has 1 unspecified atom stereocenters. The number of hydrogen-bond acceptors (Lipinski definition) is 3. The molecule has 0 bridgehead atoms. The van der Waals surface area contributed by atoms with E-state index < -0.39 is 6.04 Å². The molecule has 0 radical (unpaired) electrons. The number of nitrogens with one attached hydrogen (secondary N) is 1. The normalized spacial score (nSPS) is 12.0. The standard InChI is InChI=1S/C19H35NO3/c1-4-6-7-8-9-10-11-12-14-17(22)15-19(23)20-18(13-5-2)16(3)21/h18H,4-15H2,1-3H3,(H,20,23). The number of hydrogen-bond donors (Lipinski definition) is 1. The summed E-state index contributed by atoms with van der Waals surface area (Å²) in [5.74, 6) is -0.383. The molecule has 0 aliphatic rings. The van der Waals surface area contributed by atoms with Crippen molar-refractivity contribution < 1.29 is 14.4 Å². The highest BCUT2D eigenvalue weighted by molar-refractivity contribution is 5.99. The van der Waals surface area contributed by atoms with Crippen LogP contribution in [0.3, 0.4) is 0 Å². The fraction of sp³-hybridized carbons (Fsp3) is 0.842. The van der Waals surface area contributed by atoms with Crippen molar-refractivity contribution in [2.75, 3.05) is 0 Å². The molecule has 23 heavy (non-hydrogen) atoms. The Balaban J connectivity index is 3.72. The van der Waals surface area contributed by atoms with Gasteiger partial charge in [0, 0.05) is 6.42 Å². The SMILES string of the molecule is CCCCCCCCCCC(=O)CC(=O)NC(CCC)C(C)=O. The molecule has 0 aliphatic heterocycles. The minimum Gasteiger partial charge on any atom is -0.346 e. The van der Waals surface area contributed by atoms with Crippen LogP contribution in [0.15, 0.2) is 0 Å². The Morgan fingerprint density at radius 3 is 1.91 bits per heavy atom. The number of ketones is 2. The van der Waals surface area contributed by atoms with E-state index in [1.165, 1.54) is 45.4 Å². The number of amides is 1. The molecule has 1 amide bonds. The van der Waals surface area contributed by atoms with E-state index >= 15 is 0 Å². The summed E-state index contributed by atoms with van der Waals surface area (Å²) in [7, 11) is 0. The summed E-state index contributed by atoms with van der Waals surface area (Å²) >= 11 is 0. The zero-order chi connectivity index (χ0) is 17.5. The van der Waals surface area contributed by atoms with Crippen LogP contribution in [-0.2, 0) is 14.4 Å².